The van der Waals surface area contributed by atoms with Crippen molar-refractivity contribution in [2.24, 2.45) is 15.9 Å². The largest absolute Gasteiger partial charge is 0.325 e. The van der Waals surface area contributed by atoms with Gasteiger partial charge < -0.3 is 5.32 Å². The summed E-state index contributed by atoms with van der Waals surface area (Å²) in [5.41, 5.74) is 3.51. The van der Waals surface area contributed by atoms with Crippen LogP contribution in [0, 0.1) is 12.8 Å². The molecule has 0 saturated carbocycles. The topological polar surface area (TPSA) is 74.1 Å². The molecule has 148 valence electrons. The number of para-hydroxylation sites is 1. The summed E-state index contributed by atoms with van der Waals surface area (Å²) in [5.74, 6) is 0.606. The summed E-state index contributed by atoms with van der Waals surface area (Å²) in [6, 6.07) is 14.9. The lowest BCUT2D eigenvalue weighted by Gasteiger charge is -2.32. The zero-order chi connectivity index (χ0) is 20.5. The Balaban J connectivity index is 1.56. The number of amidine groups is 2. The van der Waals surface area contributed by atoms with Gasteiger partial charge in [-0.15, -0.1) is 0 Å². The Morgan fingerprint density at radius 2 is 1.86 bits per heavy atom. The Morgan fingerprint density at radius 1 is 1.14 bits per heavy atom. The van der Waals surface area contributed by atoms with Crippen molar-refractivity contribution in [2.75, 3.05) is 11.1 Å². The number of aryl methyl sites for hydroxylation is 1. The van der Waals surface area contributed by atoms with Crippen molar-refractivity contribution in [1.82, 2.24) is 4.90 Å². The molecular weight excluding hydrogens is 384 g/mol. The first-order valence-electron chi connectivity index (χ1n) is 9.53. The predicted molar refractivity (Wildman–Crippen MR) is 118 cm³/mol. The number of benzene rings is 2. The van der Waals surface area contributed by atoms with E-state index in [1.165, 1.54) is 11.8 Å². The van der Waals surface area contributed by atoms with E-state index in [-0.39, 0.29) is 23.5 Å². The van der Waals surface area contributed by atoms with E-state index in [1.54, 1.807) is 0 Å². The molecule has 2 aliphatic heterocycles. The molecule has 29 heavy (non-hydrogen) atoms. The molecule has 0 bridgehead atoms. The van der Waals surface area contributed by atoms with Gasteiger partial charge in [-0.1, -0.05) is 55.4 Å². The first-order chi connectivity index (χ1) is 13.9. The van der Waals surface area contributed by atoms with Crippen LogP contribution in [0.1, 0.15) is 25.0 Å². The standard InChI is InChI=1S/C22H22N4O2S/c1-13(2)19-21(28)25-20-16-6-4-5-7-17(16)24-22(26(19)20)29-12-18(27)23-15-10-8-14(3)9-11-15/h4-11,13,19H,12H2,1-3H3,(H,23,27). The van der Waals surface area contributed by atoms with Crippen molar-refractivity contribution < 1.29 is 9.59 Å². The number of anilines is 1. The van der Waals surface area contributed by atoms with E-state index in [0.29, 0.717) is 11.0 Å². The third kappa shape index (κ3) is 3.82. The summed E-state index contributed by atoms with van der Waals surface area (Å²) in [7, 11) is 0. The fourth-order valence-corrected chi connectivity index (χ4v) is 4.27. The smallest absolute Gasteiger partial charge is 0.271 e. The number of rotatable bonds is 4. The minimum atomic E-state index is -0.398. The first-order valence-corrected chi connectivity index (χ1v) is 10.5. The van der Waals surface area contributed by atoms with Crippen LogP contribution >= 0.6 is 11.8 Å². The van der Waals surface area contributed by atoms with E-state index in [2.05, 4.69) is 10.3 Å². The molecule has 2 aromatic carbocycles. The van der Waals surface area contributed by atoms with Gasteiger partial charge in [-0.25, -0.2) is 4.99 Å². The van der Waals surface area contributed by atoms with Gasteiger partial charge in [-0.2, -0.15) is 4.99 Å². The highest BCUT2D eigenvalue weighted by Gasteiger charge is 2.43. The van der Waals surface area contributed by atoms with Crippen molar-refractivity contribution in [2.45, 2.75) is 26.8 Å². The normalized spacial score (nSPS) is 17.6. The molecule has 6 nitrogen and oxygen atoms in total. The number of fused-ring (bicyclic) bond motifs is 3. The lowest BCUT2D eigenvalue weighted by molar-refractivity contribution is -0.120. The van der Waals surface area contributed by atoms with Gasteiger partial charge in [0.1, 0.15) is 11.9 Å². The summed E-state index contributed by atoms with van der Waals surface area (Å²) in [6.45, 7) is 5.99. The van der Waals surface area contributed by atoms with Crippen LogP contribution in [-0.4, -0.2) is 39.5 Å². The van der Waals surface area contributed by atoms with E-state index in [9.17, 15) is 9.59 Å². The van der Waals surface area contributed by atoms with Crippen LogP contribution in [0.25, 0.3) is 0 Å². The first kappa shape index (κ1) is 19.4. The fourth-order valence-electron chi connectivity index (χ4n) is 3.43. The number of hydrogen-bond donors (Lipinski definition) is 1. The molecule has 2 amide bonds. The van der Waals surface area contributed by atoms with Gasteiger partial charge >= 0.3 is 0 Å². The molecular formula is C22H22N4O2S. The molecule has 2 aliphatic rings. The molecule has 0 spiro atoms. The average Bonchev–Trinajstić information content (AvgIpc) is 3.05. The highest BCUT2D eigenvalue weighted by Crippen LogP contribution is 2.35. The Hall–Kier alpha value is -2.93. The second kappa shape index (κ2) is 7.83. The van der Waals surface area contributed by atoms with Crippen LogP contribution in [-0.2, 0) is 9.59 Å². The van der Waals surface area contributed by atoms with Crippen LogP contribution in [0.5, 0.6) is 0 Å². The number of nitrogens with one attached hydrogen (secondary N) is 1. The van der Waals surface area contributed by atoms with Crippen LogP contribution in [0.15, 0.2) is 58.5 Å². The molecule has 2 heterocycles. The maximum atomic E-state index is 12.6. The molecule has 1 N–H and O–H groups in total. The number of nitrogens with zero attached hydrogens (tertiary/aromatic N) is 3. The number of amides is 2. The molecule has 2 aromatic rings. The van der Waals surface area contributed by atoms with Gasteiger partial charge in [0.25, 0.3) is 5.91 Å². The van der Waals surface area contributed by atoms with Gasteiger partial charge in [0.2, 0.25) is 5.91 Å². The van der Waals surface area contributed by atoms with Gasteiger partial charge in [0.15, 0.2) is 5.17 Å². The molecule has 0 aromatic heterocycles. The average molecular weight is 407 g/mol. The molecule has 0 fully saturated rings. The van der Waals surface area contributed by atoms with Crippen molar-refractivity contribution >= 4 is 46.0 Å². The Labute approximate surface area is 174 Å². The highest BCUT2D eigenvalue weighted by molar-refractivity contribution is 8.14. The quantitative estimate of drug-likeness (QED) is 0.833. The number of hydrogen-bond acceptors (Lipinski definition) is 5. The fraction of sp³-hybridized carbons (Fsp3) is 0.273. The van der Waals surface area contributed by atoms with Crippen LogP contribution in [0.2, 0.25) is 0 Å². The maximum Gasteiger partial charge on any atom is 0.271 e. The van der Waals surface area contributed by atoms with Gasteiger partial charge in [-0.05, 0) is 37.1 Å². The molecule has 0 radical (unpaired) electrons. The summed E-state index contributed by atoms with van der Waals surface area (Å²) >= 11 is 1.32. The number of thioether (sulfide) groups is 1. The zero-order valence-corrected chi connectivity index (χ0v) is 17.4. The molecule has 0 saturated heterocycles. The number of carbonyl (C=O) groups excluding carboxylic acids is 2. The lowest BCUT2D eigenvalue weighted by Crippen LogP contribution is -2.46. The number of carbonyl (C=O) groups is 2. The Morgan fingerprint density at radius 3 is 2.59 bits per heavy atom. The summed E-state index contributed by atoms with van der Waals surface area (Å²) in [4.78, 5) is 36.0. The van der Waals surface area contributed by atoms with Crippen molar-refractivity contribution in [3.63, 3.8) is 0 Å². The second-order valence-corrected chi connectivity index (χ2v) is 8.39. The van der Waals surface area contributed by atoms with Crippen LogP contribution in [0.3, 0.4) is 0 Å². The van der Waals surface area contributed by atoms with E-state index in [0.717, 1.165) is 22.5 Å². The maximum absolute atomic E-state index is 12.6. The minimum Gasteiger partial charge on any atom is -0.325 e. The van der Waals surface area contributed by atoms with Crippen LogP contribution < -0.4 is 5.32 Å². The third-order valence-electron chi connectivity index (χ3n) is 4.84. The molecule has 4 rings (SSSR count). The predicted octanol–water partition coefficient (Wildman–Crippen LogP) is 3.98. The highest BCUT2D eigenvalue weighted by atomic mass is 32.2. The van der Waals surface area contributed by atoms with Gasteiger partial charge in [0.05, 0.1) is 11.4 Å². The SMILES string of the molecule is Cc1ccc(NC(=O)CSC2=Nc3ccccc3C3=NC(=O)C(C(C)C)N23)cc1. The number of aliphatic imine (C=N–C) groups is 2. The third-order valence-corrected chi connectivity index (χ3v) is 5.79. The monoisotopic (exact) mass is 406 g/mol. The second-order valence-electron chi connectivity index (χ2n) is 7.45. The van der Waals surface area contributed by atoms with E-state index < -0.39 is 6.04 Å². The van der Waals surface area contributed by atoms with Crippen LogP contribution in [0.4, 0.5) is 11.4 Å². The minimum absolute atomic E-state index is 0.0706. The summed E-state index contributed by atoms with van der Waals surface area (Å²) < 4.78 is 0. The molecule has 0 aliphatic carbocycles. The van der Waals surface area contributed by atoms with E-state index in [1.807, 2.05) is 74.2 Å². The molecule has 7 heteroatoms. The van der Waals surface area contributed by atoms with Gasteiger partial charge in [0, 0.05) is 11.3 Å². The molecule has 1 atom stereocenters. The summed E-state index contributed by atoms with van der Waals surface area (Å²) in [5, 5.41) is 3.53. The van der Waals surface area contributed by atoms with Gasteiger partial charge in [-0.3, -0.25) is 14.5 Å². The Kier molecular flexibility index (Phi) is 5.24. The molecule has 1 unspecified atom stereocenters. The van der Waals surface area contributed by atoms with E-state index in [4.69, 9.17) is 4.99 Å². The van der Waals surface area contributed by atoms with E-state index >= 15 is 0 Å². The Bertz CT molecular complexity index is 1030. The lowest BCUT2D eigenvalue weighted by atomic mass is 10.0. The van der Waals surface area contributed by atoms with Crippen molar-refractivity contribution in [3.8, 4) is 0 Å². The van der Waals surface area contributed by atoms with Crippen molar-refractivity contribution in [3.05, 3.63) is 59.7 Å². The van der Waals surface area contributed by atoms with Crippen molar-refractivity contribution in [1.29, 1.82) is 0 Å². The zero-order valence-electron chi connectivity index (χ0n) is 16.5. The summed E-state index contributed by atoms with van der Waals surface area (Å²) in [6.07, 6.45) is 0.